The Kier molecular flexibility index (Phi) is 4.32. The molecule has 0 bridgehead atoms. The van der Waals surface area contributed by atoms with E-state index in [1.807, 2.05) is 35.0 Å². The van der Waals surface area contributed by atoms with Gasteiger partial charge in [-0.1, -0.05) is 42.8 Å². The van der Waals surface area contributed by atoms with Crippen molar-refractivity contribution in [2.24, 2.45) is 11.7 Å². The summed E-state index contributed by atoms with van der Waals surface area (Å²) in [6.45, 7) is 0.755. The standard InChI is InChI=1S/C14H19N5S/c15-10-11-6-4-5-9-13(11)20-14-16-17-18-19(14)12-7-2-1-3-8-12/h1-3,7-8,11,13H,4-6,9-10,15H2. The summed E-state index contributed by atoms with van der Waals surface area (Å²) in [4.78, 5) is 0. The number of nitrogens with two attached hydrogens (primary N) is 1. The summed E-state index contributed by atoms with van der Waals surface area (Å²) >= 11 is 1.77. The summed E-state index contributed by atoms with van der Waals surface area (Å²) in [5, 5.41) is 13.5. The molecule has 1 aromatic carbocycles. The average molecular weight is 289 g/mol. The van der Waals surface area contributed by atoms with Crippen LogP contribution in [0, 0.1) is 5.92 Å². The van der Waals surface area contributed by atoms with Crippen LogP contribution in [0.4, 0.5) is 0 Å². The fraction of sp³-hybridized carbons (Fsp3) is 0.500. The number of nitrogens with zero attached hydrogens (tertiary/aromatic N) is 4. The second kappa shape index (κ2) is 6.37. The summed E-state index contributed by atoms with van der Waals surface area (Å²) in [7, 11) is 0. The van der Waals surface area contributed by atoms with Crippen molar-refractivity contribution in [3.8, 4) is 5.69 Å². The van der Waals surface area contributed by atoms with Gasteiger partial charge in [0, 0.05) is 5.25 Å². The van der Waals surface area contributed by atoms with Gasteiger partial charge in [-0.15, -0.1) is 5.10 Å². The van der Waals surface area contributed by atoms with E-state index < -0.39 is 0 Å². The number of tetrazole rings is 1. The number of hydrogen-bond donors (Lipinski definition) is 1. The Balaban J connectivity index is 1.80. The zero-order valence-corrected chi connectivity index (χ0v) is 12.2. The van der Waals surface area contributed by atoms with Crippen LogP contribution in [-0.2, 0) is 0 Å². The number of para-hydroxylation sites is 1. The minimum Gasteiger partial charge on any atom is -0.330 e. The van der Waals surface area contributed by atoms with Crippen LogP contribution >= 0.6 is 11.8 Å². The maximum atomic E-state index is 5.90. The van der Waals surface area contributed by atoms with Gasteiger partial charge in [0.25, 0.3) is 0 Å². The molecule has 2 N–H and O–H groups in total. The molecule has 6 heteroatoms. The molecule has 2 atom stereocenters. The van der Waals surface area contributed by atoms with Gasteiger partial charge in [-0.2, -0.15) is 4.68 Å². The molecule has 20 heavy (non-hydrogen) atoms. The molecule has 3 rings (SSSR count). The number of aromatic nitrogens is 4. The topological polar surface area (TPSA) is 69.6 Å². The largest absolute Gasteiger partial charge is 0.330 e. The van der Waals surface area contributed by atoms with Crippen LogP contribution < -0.4 is 5.73 Å². The molecular formula is C14H19N5S. The highest BCUT2D eigenvalue weighted by Crippen LogP contribution is 2.36. The molecule has 1 aliphatic carbocycles. The van der Waals surface area contributed by atoms with Crippen molar-refractivity contribution in [2.75, 3.05) is 6.54 Å². The second-order valence-electron chi connectivity index (χ2n) is 5.15. The van der Waals surface area contributed by atoms with E-state index in [0.717, 1.165) is 17.4 Å². The van der Waals surface area contributed by atoms with Crippen LogP contribution in [0.2, 0.25) is 0 Å². The Morgan fingerprint density at radius 1 is 1.20 bits per heavy atom. The Labute approximate surface area is 122 Å². The molecule has 0 amide bonds. The summed E-state index contributed by atoms with van der Waals surface area (Å²) < 4.78 is 1.81. The van der Waals surface area contributed by atoms with E-state index in [1.165, 1.54) is 25.7 Å². The average Bonchev–Trinajstić information content (AvgIpc) is 2.97. The van der Waals surface area contributed by atoms with Gasteiger partial charge in [0.1, 0.15) is 0 Å². The first-order chi connectivity index (χ1) is 9.88. The van der Waals surface area contributed by atoms with Crippen molar-refractivity contribution >= 4 is 11.8 Å². The number of benzene rings is 1. The summed E-state index contributed by atoms with van der Waals surface area (Å²) in [6, 6.07) is 10.0. The Morgan fingerprint density at radius 2 is 2.00 bits per heavy atom. The molecule has 1 aromatic heterocycles. The molecule has 5 nitrogen and oxygen atoms in total. The van der Waals surface area contributed by atoms with Gasteiger partial charge in [-0.05, 0) is 47.9 Å². The lowest BCUT2D eigenvalue weighted by Crippen LogP contribution is -2.29. The highest BCUT2D eigenvalue weighted by molar-refractivity contribution is 7.99. The van der Waals surface area contributed by atoms with Crippen LogP contribution in [0.5, 0.6) is 0 Å². The van der Waals surface area contributed by atoms with Crippen LogP contribution in [0.3, 0.4) is 0 Å². The number of rotatable bonds is 4. The zero-order valence-electron chi connectivity index (χ0n) is 11.4. The van der Waals surface area contributed by atoms with Crippen molar-refractivity contribution in [2.45, 2.75) is 36.1 Å². The molecule has 1 heterocycles. The summed E-state index contributed by atoms with van der Waals surface area (Å²) in [6.07, 6.45) is 5.00. The minimum absolute atomic E-state index is 0.530. The zero-order chi connectivity index (χ0) is 13.8. The van der Waals surface area contributed by atoms with Crippen molar-refractivity contribution < 1.29 is 0 Å². The lowest BCUT2D eigenvalue weighted by Gasteiger charge is -2.29. The van der Waals surface area contributed by atoms with Crippen molar-refractivity contribution in [1.29, 1.82) is 0 Å². The third-order valence-corrected chi connectivity index (χ3v) is 5.23. The molecule has 2 aromatic rings. The van der Waals surface area contributed by atoms with Gasteiger partial charge in [-0.3, -0.25) is 0 Å². The number of thioether (sulfide) groups is 1. The van der Waals surface area contributed by atoms with E-state index in [9.17, 15) is 0 Å². The minimum atomic E-state index is 0.530. The SMILES string of the molecule is NCC1CCCCC1Sc1nnnn1-c1ccccc1. The molecule has 0 aliphatic heterocycles. The normalized spacial score (nSPS) is 22.9. The van der Waals surface area contributed by atoms with Crippen LogP contribution in [0.25, 0.3) is 5.69 Å². The molecular weight excluding hydrogens is 270 g/mol. The van der Waals surface area contributed by atoms with Crippen LogP contribution in [0.1, 0.15) is 25.7 Å². The van der Waals surface area contributed by atoms with Gasteiger partial charge >= 0.3 is 0 Å². The summed E-state index contributed by atoms with van der Waals surface area (Å²) in [5.74, 6) is 0.578. The van der Waals surface area contributed by atoms with Gasteiger partial charge in [0.15, 0.2) is 0 Å². The van der Waals surface area contributed by atoms with Gasteiger partial charge < -0.3 is 5.73 Å². The van der Waals surface area contributed by atoms with E-state index in [1.54, 1.807) is 11.8 Å². The van der Waals surface area contributed by atoms with Gasteiger partial charge in [-0.25, -0.2) is 0 Å². The van der Waals surface area contributed by atoms with Crippen LogP contribution in [-0.4, -0.2) is 32.0 Å². The Morgan fingerprint density at radius 3 is 2.80 bits per heavy atom. The van der Waals surface area contributed by atoms with E-state index >= 15 is 0 Å². The summed E-state index contributed by atoms with van der Waals surface area (Å²) in [5.41, 5.74) is 6.90. The second-order valence-corrected chi connectivity index (χ2v) is 6.35. The fourth-order valence-corrected chi connectivity index (χ4v) is 4.04. The quantitative estimate of drug-likeness (QED) is 0.935. The predicted octanol–water partition coefficient (Wildman–Crippen LogP) is 2.27. The number of hydrogen-bond acceptors (Lipinski definition) is 5. The molecule has 0 saturated heterocycles. The van der Waals surface area contributed by atoms with E-state index in [0.29, 0.717) is 11.2 Å². The van der Waals surface area contributed by atoms with Gasteiger partial charge in [0.05, 0.1) is 5.69 Å². The Bertz CT molecular complexity index is 542. The first-order valence-corrected chi connectivity index (χ1v) is 7.97. The predicted molar refractivity (Wildman–Crippen MR) is 79.8 cm³/mol. The molecule has 106 valence electrons. The molecule has 0 spiro atoms. The lowest BCUT2D eigenvalue weighted by molar-refractivity contribution is 0.377. The van der Waals surface area contributed by atoms with Crippen molar-refractivity contribution in [3.05, 3.63) is 30.3 Å². The molecule has 1 fully saturated rings. The van der Waals surface area contributed by atoms with E-state index in [-0.39, 0.29) is 0 Å². The first kappa shape index (κ1) is 13.6. The van der Waals surface area contributed by atoms with Crippen molar-refractivity contribution in [3.63, 3.8) is 0 Å². The van der Waals surface area contributed by atoms with Crippen LogP contribution in [0.15, 0.2) is 35.5 Å². The smallest absolute Gasteiger partial charge is 0.214 e. The Hall–Kier alpha value is -1.40. The molecule has 1 saturated carbocycles. The maximum absolute atomic E-state index is 5.90. The lowest BCUT2D eigenvalue weighted by atomic mass is 9.89. The fourth-order valence-electron chi connectivity index (χ4n) is 2.72. The van der Waals surface area contributed by atoms with Gasteiger partial charge in [0.2, 0.25) is 5.16 Å². The monoisotopic (exact) mass is 289 g/mol. The molecule has 2 unspecified atom stereocenters. The third kappa shape index (κ3) is 2.86. The first-order valence-electron chi connectivity index (χ1n) is 7.09. The molecule has 0 radical (unpaired) electrons. The van der Waals surface area contributed by atoms with E-state index in [4.69, 9.17) is 5.73 Å². The van der Waals surface area contributed by atoms with E-state index in [2.05, 4.69) is 15.5 Å². The van der Waals surface area contributed by atoms with Crippen molar-refractivity contribution in [1.82, 2.24) is 20.2 Å². The highest BCUT2D eigenvalue weighted by atomic mass is 32.2. The maximum Gasteiger partial charge on any atom is 0.214 e. The third-order valence-electron chi connectivity index (χ3n) is 3.84. The highest BCUT2D eigenvalue weighted by Gasteiger charge is 2.27. The molecule has 1 aliphatic rings.